The van der Waals surface area contributed by atoms with Gasteiger partial charge in [-0.3, -0.25) is 4.79 Å². The van der Waals surface area contributed by atoms with E-state index in [2.05, 4.69) is 20.8 Å². The van der Waals surface area contributed by atoms with Crippen LogP contribution in [0.5, 0.6) is 0 Å². The van der Waals surface area contributed by atoms with Crippen LogP contribution in [0.1, 0.15) is 136 Å². The molecule has 0 spiro atoms. The molecule has 1 amide bonds. The topological polar surface area (TPSA) is 43.1 Å². The van der Waals surface area contributed by atoms with Crippen LogP contribution in [0.25, 0.3) is 0 Å². The summed E-state index contributed by atoms with van der Waals surface area (Å²) in [5.74, 6) is -0.0266. The number of carbonyl (C=O) groups excluding carboxylic acids is 1. The highest BCUT2D eigenvalue weighted by Gasteiger charge is 2.37. The van der Waals surface area contributed by atoms with E-state index in [-0.39, 0.29) is 5.91 Å². The molecule has 0 bridgehead atoms. The zero-order valence-electron chi connectivity index (χ0n) is 20.5. The van der Waals surface area contributed by atoms with E-state index in [9.17, 15) is 4.79 Å². The van der Waals surface area contributed by atoms with Gasteiger partial charge in [-0.05, 0) is 38.5 Å². The normalized spacial score (nSPS) is 11.8. The number of hydrogen-bond acceptors (Lipinski definition) is 1. The van der Waals surface area contributed by atoms with Crippen LogP contribution in [0.4, 0.5) is 0 Å². The molecule has 0 heterocycles. The molecule has 0 rings (SSSR count). The van der Waals surface area contributed by atoms with Crippen LogP contribution >= 0.6 is 7.26 Å². The van der Waals surface area contributed by atoms with Crippen molar-refractivity contribution in [1.29, 1.82) is 0 Å². The van der Waals surface area contributed by atoms with E-state index >= 15 is 0 Å². The molecule has 2 nitrogen and oxygen atoms in total. The van der Waals surface area contributed by atoms with Gasteiger partial charge in [-0.2, -0.15) is 0 Å². The Labute approximate surface area is 184 Å². The summed E-state index contributed by atoms with van der Waals surface area (Å²) in [6, 6.07) is 0. The van der Waals surface area contributed by atoms with Crippen LogP contribution in [0.15, 0.2) is 0 Å². The fourth-order valence-corrected chi connectivity index (χ4v) is 9.08. The Balaban J connectivity index is 4.59. The van der Waals surface area contributed by atoms with E-state index in [0.717, 1.165) is 6.16 Å². The summed E-state index contributed by atoms with van der Waals surface area (Å²) in [6.45, 7) is 6.85. The number of carbonyl (C=O) groups is 1. The Morgan fingerprint density at radius 2 is 0.793 bits per heavy atom. The second kappa shape index (κ2) is 21.1. The van der Waals surface area contributed by atoms with Crippen molar-refractivity contribution in [3.05, 3.63) is 0 Å². The third-order valence-electron chi connectivity index (χ3n) is 6.45. The Hall–Kier alpha value is -0.100. The van der Waals surface area contributed by atoms with Gasteiger partial charge in [0.1, 0.15) is 6.16 Å². The highest BCUT2D eigenvalue weighted by Crippen LogP contribution is 2.60. The van der Waals surface area contributed by atoms with Crippen molar-refractivity contribution in [3.63, 3.8) is 0 Å². The Bertz CT molecular complexity index is 318. The predicted molar refractivity (Wildman–Crippen MR) is 136 cm³/mol. The minimum Gasteiger partial charge on any atom is -0.367 e. The number of primary amides is 1. The number of unbranched alkanes of at least 4 members (excludes halogenated alkanes) is 15. The van der Waals surface area contributed by atoms with Crippen LogP contribution in [0.2, 0.25) is 0 Å². The quantitative estimate of drug-likeness (QED) is 0.128. The number of rotatable bonds is 23. The first-order valence-corrected chi connectivity index (χ1v) is 15.8. The molecular formula is C26H55NOP+. The Kier molecular flexibility index (Phi) is 21.1. The molecule has 0 aliphatic heterocycles. The van der Waals surface area contributed by atoms with E-state index < -0.39 is 7.26 Å². The van der Waals surface area contributed by atoms with Crippen molar-refractivity contribution in [3.8, 4) is 0 Å². The maximum absolute atomic E-state index is 12.0. The van der Waals surface area contributed by atoms with Crippen molar-refractivity contribution in [1.82, 2.24) is 0 Å². The molecule has 3 heteroatoms. The SMILES string of the molecule is CCCCCCCC[P+](CCCCCCCC)(CCCCCCCC)CC(N)=O. The van der Waals surface area contributed by atoms with Crippen molar-refractivity contribution in [2.75, 3.05) is 24.6 Å². The zero-order chi connectivity index (χ0) is 21.6. The summed E-state index contributed by atoms with van der Waals surface area (Å²) < 4.78 is 0. The molecule has 0 aliphatic carbocycles. The molecule has 0 radical (unpaired) electrons. The highest BCUT2D eigenvalue weighted by atomic mass is 31.2. The Morgan fingerprint density at radius 3 is 1.07 bits per heavy atom. The minimum atomic E-state index is -1.19. The molecule has 2 N–H and O–H groups in total. The molecule has 0 aromatic rings. The largest absolute Gasteiger partial charge is 0.367 e. The first-order valence-electron chi connectivity index (χ1n) is 13.2. The van der Waals surface area contributed by atoms with Crippen LogP contribution in [-0.2, 0) is 4.79 Å². The summed E-state index contributed by atoms with van der Waals surface area (Å²) in [7, 11) is -1.19. The lowest BCUT2D eigenvalue weighted by Crippen LogP contribution is -2.24. The van der Waals surface area contributed by atoms with Crippen LogP contribution in [0.3, 0.4) is 0 Å². The molecule has 0 aliphatic rings. The lowest BCUT2D eigenvalue weighted by atomic mass is 10.1. The fraction of sp³-hybridized carbons (Fsp3) is 0.962. The third-order valence-corrected chi connectivity index (χ3v) is 11.2. The third kappa shape index (κ3) is 18.4. The van der Waals surface area contributed by atoms with Gasteiger partial charge < -0.3 is 5.73 Å². The second-order valence-corrected chi connectivity index (χ2v) is 13.8. The van der Waals surface area contributed by atoms with Crippen molar-refractivity contribution in [2.45, 2.75) is 136 Å². The lowest BCUT2D eigenvalue weighted by molar-refractivity contribution is -0.115. The van der Waals surface area contributed by atoms with E-state index in [1.165, 1.54) is 134 Å². The van der Waals surface area contributed by atoms with Gasteiger partial charge in [-0.1, -0.05) is 97.8 Å². The average Bonchev–Trinajstić information content (AvgIpc) is 2.69. The summed E-state index contributed by atoms with van der Waals surface area (Å²) >= 11 is 0. The molecule has 0 unspecified atom stereocenters. The van der Waals surface area contributed by atoms with Gasteiger partial charge in [0.15, 0.2) is 0 Å². The molecule has 0 fully saturated rings. The number of amides is 1. The predicted octanol–water partition coefficient (Wildman–Crippen LogP) is 8.57. The molecule has 0 aromatic carbocycles. The molecule has 0 saturated heterocycles. The summed E-state index contributed by atoms with van der Waals surface area (Å²) in [6.07, 6.45) is 29.1. The summed E-state index contributed by atoms with van der Waals surface area (Å²) in [5, 5.41) is 0. The zero-order valence-corrected chi connectivity index (χ0v) is 21.4. The first kappa shape index (κ1) is 28.9. The maximum Gasteiger partial charge on any atom is 0.254 e. The highest BCUT2D eigenvalue weighted by molar-refractivity contribution is 7.76. The molecule has 0 saturated carbocycles. The van der Waals surface area contributed by atoms with Gasteiger partial charge in [0.2, 0.25) is 0 Å². The van der Waals surface area contributed by atoms with Crippen molar-refractivity contribution in [2.24, 2.45) is 5.73 Å². The molecule has 0 aromatic heterocycles. The molecule has 29 heavy (non-hydrogen) atoms. The van der Waals surface area contributed by atoms with Crippen LogP contribution in [-0.4, -0.2) is 30.6 Å². The van der Waals surface area contributed by atoms with E-state index in [0.29, 0.717) is 0 Å². The summed E-state index contributed by atoms with van der Waals surface area (Å²) in [4.78, 5) is 12.0. The lowest BCUT2D eigenvalue weighted by Gasteiger charge is -2.27. The second-order valence-electron chi connectivity index (χ2n) is 9.44. The maximum atomic E-state index is 12.0. The van der Waals surface area contributed by atoms with Gasteiger partial charge in [-0.15, -0.1) is 0 Å². The molecular weight excluding hydrogens is 373 g/mol. The standard InChI is InChI=1S/C26H54NOP/c1-4-7-10-13-16-19-22-29(25-26(27)28,23-20-17-14-11-8-5-2)24-21-18-15-12-9-6-3/h4-25H2,1-3H3,(H-,27,28)/p+1. The van der Waals surface area contributed by atoms with Crippen LogP contribution < -0.4 is 5.73 Å². The molecule has 174 valence electrons. The van der Waals surface area contributed by atoms with Gasteiger partial charge in [0, 0.05) is 7.26 Å². The fourth-order valence-electron chi connectivity index (χ4n) is 4.59. The smallest absolute Gasteiger partial charge is 0.254 e. The molecule has 0 atom stereocenters. The van der Waals surface area contributed by atoms with Gasteiger partial charge >= 0.3 is 0 Å². The number of nitrogens with two attached hydrogens (primary N) is 1. The average molecular weight is 429 g/mol. The van der Waals surface area contributed by atoms with Gasteiger partial charge in [0.05, 0.1) is 18.5 Å². The van der Waals surface area contributed by atoms with Crippen molar-refractivity contribution < 1.29 is 4.79 Å². The van der Waals surface area contributed by atoms with Gasteiger partial charge in [-0.25, -0.2) is 0 Å². The van der Waals surface area contributed by atoms with Crippen molar-refractivity contribution >= 4 is 13.2 Å². The van der Waals surface area contributed by atoms with Gasteiger partial charge in [0.25, 0.3) is 5.91 Å². The Morgan fingerprint density at radius 1 is 0.517 bits per heavy atom. The van der Waals surface area contributed by atoms with Crippen LogP contribution in [0, 0.1) is 0 Å². The minimum absolute atomic E-state index is 0.0266. The van der Waals surface area contributed by atoms with E-state index in [1.54, 1.807) is 0 Å². The van der Waals surface area contributed by atoms with E-state index in [1.807, 2.05) is 0 Å². The first-order chi connectivity index (χ1) is 14.1. The van der Waals surface area contributed by atoms with E-state index in [4.69, 9.17) is 5.73 Å². The summed E-state index contributed by atoms with van der Waals surface area (Å²) in [5.41, 5.74) is 5.78. The monoisotopic (exact) mass is 428 g/mol. The number of hydrogen-bond donors (Lipinski definition) is 1.